The molecule has 0 unspecified atom stereocenters. The number of halogens is 1. The first-order valence-corrected chi connectivity index (χ1v) is 10.0. The summed E-state index contributed by atoms with van der Waals surface area (Å²) in [6, 6.07) is 6.29. The Morgan fingerprint density at radius 3 is 2.63 bits per heavy atom. The van der Waals surface area contributed by atoms with Crippen molar-refractivity contribution >= 4 is 46.2 Å². The van der Waals surface area contributed by atoms with Crippen LogP contribution in [-0.4, -0.2) is 22.7 Å². The highest BCUT2D eigenvalue weighted by Gasteiger charge is 2.20. The molecule has 0 spiro atoms. The van der Waals surface area contributed by atoms with Crippen molar-refractivity contribution in [1.29, 1.82) is 5.41 Å². The maximum atomic E-state index is 12.3. The summed E-state index contributed by atoms with van der Waals surface area (Å²) in [5.41, 5.74) is 8.10. The summed E-state index contributed by atoms with van der Waals surface area (Å²) in [5.74, 6) is 0.119. The molecule has 7 heteroatoms. The summed E-state index contributed by atoms with van der Waals surface area (Å²) < 4.78 is 5.16. The summed E-state index contributed by atoms with van der Waals surface area (Å²) in [4.78, 5) is 17.4. The number of carbonyl (C=O) groups excluding carboxylic acids is 1. The second-order valence-corrected chi connectivity index (χ2v) is 7.71. The maximum absolute atomic E-state index is 12.3. The number of hydrogen-bond donors (Lipinski definition) is 2. The molecular weight excluding hydrogens is 382 g/mol. The minimum atomic E-state index is -0.425. The molecule has 3 rings (SSSR count). The molecule has 146 valence electrons. The molecule has 1 saturated carbocycles. The van der Waals surface area contributed by atoms with Gasteiger partial charge in [-0.15, -0.1) is 12.4 Å². The second-order valence-electron chi connectivity index (χ2n) is 6.65. The Morgan fingerprint density at radius 1 is 1.30 bits per heavy atom. The van der Waals surface area contributed by atoms with Crippen molar-refractivity contribution in [3.63, 3.8) is 0 Å². The quantitative estimate of drug-likeness (QED) is 0.237. The first-order valence-electron chi connectivity index (χ1n) is 9.21. The van der Waals surface area contributed by atoms with Crippen molar-refractivity contribution in [2.45, 2.75) is 56.3 Å². The van der Waals surface area contributed by atoms with E-state index < -0.39 is 5.97 Å². The van der Waals surface area contributed by atoms with Crippen molar-refractivity contribution < 1.29 is 9.53 Å². The number of pyridine rings is 1. The predicted molar refractivity (Wildman–Crippen MR) is 113 cm³/mol. The highest BCUT2D eigenvalue weighted by atomic mass is 35.5. The molecule has 0 bridgehead atoms. The van der Waals surface area contributed by atoms with E-state index in [4.69, 9.17) is 15.9 Å². The third-order valence-electron chi connectivity index (χ3n) is 4.88. The van der Waals surface area contributed by atoms with Crippen LogP contribution >= 0.6 is 24.2 Å². The van der Waals surface area contributed by atoms with Gasteiger partial charge < -0.3 is 10.5 Å². The maximum Gasteiger partial charge on any atom is 0.340 e. The molecule has 1 aliphatic rings. The largest absolute Gasteiger partial charge is 0.462 e. The van der Waals surface area contributed by atoms with Gasteiger partial charge in [0.05, 0.1) is 17.7 Å². The SMILES string of the molecule is CCOC(=O)c1cnc2ccc(C3CCCCCC3)cc2c1SC(=N)N.Cl. The fraction of sp³-hybridized carbons (Fsp3) is 0.450. The average molecular weight is 408 g/mol. The Bertz CT molecular complexity index is 820. The Hall–Kier alpha value is -1.79. The molecule has 1 fully saturated rings. The van der Waals surface area contributed by atoms with E-state index in [1.165, 1.54) is 50.3 Å². The van der Waals surface area contributed by atoms with Gasteiger partial charge in [0.15, 0.2) is 5.17 Å². The number of amidine groups is 1. The fourth-order valence-corrected chi connectivity index (χ4v) is 4.37. The number of nitrogens with one attached hydrogen (secondary N) is 1. The zero-order chi connectivity index (χ0) is 18.5. The molecule has 0 saturated heterocycles. The molecule has 0 aliphatic heterocycles. The number of benzene rings is 1. The molecule has 1 aromatic carbocycles. The van der Waals surface area contributed by atoms with E-state index in [1.807, 2.05) is 6.07 Å². The number of aromatic nitrogens is 1. The average Bonchev–Trinajstić information content (AvgIpc) is 2.91. The highest BCUT2D eigenvalue weighted by molar-refractivity contribution is 8.13. The standard InChI is InChI=1S/C20H25N3O2S.ClH/c1-2-25-19(24)16-12-23-17-10-9-14(13-7-5-3-4-6-8-13)11-15(17)18(16)26-20(21)22;/h9-13H,2-8H2,1H3,(H3,21,22);1H. The number of nitrogens with zero attached hydrogens (tertiary/aromatic N) is 1. The number of esters is 1. The number of rotatable bonds is 4. The highest BCUT2D eigenvalue weighted by Crippen LogP contribution is 2.36. The van der Waals surface area contributed by atoms with E-state index in [0.717, 1.165) is 22.7 Å². The van der Waals surface area contributed by atoms with Crippen LogP contribution < -0.4 is 5.73 Å². The molecule has 2 aromatic rings. The molecule has 27 heavy (non-hydrogen) atoms. The summed E-state index contributed by atoms with van der Waals surface area (Å²) in [6.07, 6.45) is 9.07. The van der Waals surface area contributed by atoms with Gasteiger partial charge in [0.25, 0.3) is 0 Å². The Labute approximate surface area is 170 Å². The number of fused-ring (bicyclic) bond motifs is 1. The summed E-state index contributed by atoms with van der Waals surface area (Å²) in [6.45, 7) is 2.07. The molecule has 0 radical (unpaired) electrons. The van der Waals surface area contributed by atoms with E-state index in [1.54, 1.807) is 6.92 Å². The molecule has 0 atom stereocenters. The number of nitrogens with two attached hydrogens (primary N) is 1. The van der Waals surface area contributed by atoms with E-state index in [2.05, 4.69) is 17.1 Å². The summed E-state index contributed by atoms with van der Waals surface area (Å²) in [5, 5.41) is 8.51. The normalized spacial score (nSPS) is 15.0. The second kappa shape index (κ2) is 9.95. The lowest BCUT2D eigenvalue weighted by Crippen LogP contribution is -2.10. The third-order valence-corrected chi connectivity index (χ3v) is 5.74. The lowest BCUT2D eigenvalue weighted by Gasteiger charge is -2.17. The predicted octanol–water partition coefficient (Wildman–Crippen LogP) is 5.26. The topological polar surface area (TPSA) is 89.1 Å². The fourth-order valence-electron chi connectivity index (χ4n) is 3.63. The summed E-state index contributed by atoms with van der Waals surface area (Å²) >= 11 is 1.09. The van der Waals surface area contributed by atoms with Crippen LogP contribution in [0.1, 0.15) is 67.3 Å². The van der Waals surface area contributed by atoms with Crippen molar-refractivity contribution in [3.05, 3.63) is 35.5 Å². The lowest BCUT2D eigenvalue weighted by molar-refractivity contribution is 0.0522. The zero-order valence-corrected chi connectivity index (χ0v) is 17.1. The van der Waals surface area contributed by atoms with Gasteiger partial charge >= 0.3 is 5.97 Å². The Balaban J connectivity index is 0.00000261. The van der Waals surface area contributed by atoms with Crippen LogP contribution in [0.4, 0.5) is 0 Å². The van der Waals surface area contributed by atoms with Gasteiger partial charge in [-0.25, -0.2) is 4.79 Å². The molecule has 1 aromatic heterocycles. The van der Waals surface area contributed by atoms with Gasteiger partial charge in [-0.2, -0.15) is 0 Å². The van der Waals surface area contributed by atoms with E-state index in [-0.39, 0.29) is 17.6 Å². The van der Waals surface area contributed by atoms with E-state index >= 15 is 0 Å². The van der Waals surface area contributed by atoms with Crippen LogP contribution in [-0.2, 0) is 4.74 Å². The monoisotopic (exact) mass is 407 g/mol. The number of thioether (sulfide) groups is 1. The minimum absolute atomic E-state index is 0. The van der Waals surface area contributed by atoms with Gasteiger partial charge in [0.2, 0.25) is 0 Å². The minimum Gasteiger partial charge on any atom is -0.462 e. The van der Waals surface area contributed by atoms with Crippen molar-refractivity contribution in [1.82, 2.24) is 4.98 Å². The van der Waals surface area contributed by atoms with E-state index in [0.29, 0.717) is 23.0 Å². The zero-order valence-electron chi connectivity index (χ0n) is 15.5. The molecular formula is C20H26ClN3O2S. The number of carbonyl (C=O) groups is 1. The lowest BCUT2D eigenvalue weighted by atomic mass is 9.91. The van der Waals surface area contributed by atoms with Gasteiger partial charge in [0, 0.05) is 16.5 Å². The van der Waals surface area contributed by atoms with E-state index in [9.17, 15) is 4.79 Å². The van der Waals surface area contributed by atoms with Crippen molar-refractivity contribution in [3.8, 4) is 0 Å². The van der Waals surface area contributed by atoms with Crippen LogP contribution in [0.15, 0.2) is 29.3 Å². The van der Waals surface area contributed by atoms with Gasteiger partial charge in [-0.1, -0.05) is 43.5 Å². The van der Waals surface area contributed by atoms with Crippen LogP contribution in [0.5, 0.6) is 0 Å². The van der Waals surface area contributed by atoms with Crippen molar-refractivity contribution in [2.24, 2.45) is 5.73 Å². The van der Waals surface area contributed by atoms with Gasteiger partial charge in [-0.3, -0.25) is 10.4 Å². The molecule has 3 N–H and O–H groups in total. The van der Waals surface area contributed by atoms with Crippen LogP contribution in [0.25, 0.3) is 10.9 Å². The smallest absolute Gasteiger partial charge is 0.340 e. The van der Waals surface area contributed by atoms with Gasteiger partial charge in [-0.05, 0) is 43.4 Å². The summed E-state index contributed by atoms with van der Waals surface area (Å²) in [7, 11) is 0. The Kier molecular flexibility index (Phi) is 7.92. The number of hydrogen-bond acceptors (Lipinski definition) is 5. The van der Waals surface area contributed by atoms with Crippen LogP contribution in [0.3, 0.4) is 0 Å². The van der Waals surface area contributed by atoms with Crippen LogP contribution in [0.2, 0.25) is 0 Å². The van der Waals surface area contributed by atoms with Gasteiger partial charge in [0.1, 0.15) is 0 Å². The number of ether oxygens (including phenoxy) is 1. The first-order chi connectivity index (χ1) is 12.6. The third kappa shape index (κ3) is 5.14. The molecule has 5 nitrogen and oxygen atoms in total. The molecule has 1 aliphatic carbocycles. The molecule has 1 heterocycles. The Morgan fingerprint density at radius 2 is 2.00 bits per heavy atom. The van der Waals surface area contributed by atoms with Crippen LogP contribution in [0, 0.1) is 5.41 Å². The molecule has 0 amide bonds. The first kappa shape index (κ1) is 21.5. The van der Waals surface area contributed by atoms with Crippen molar-refractivity contribution in [2.75, 3.05) is 6.61 Å².